The van der Waals surface area contributed by atoms with Gasteiger partial charge in [-0.3, -0.25) is 0 Å². The summed E-state index contributed by atoms with van der Waals surface area (Å²) in [5, 5.41) is 11.8. The Morgan fingerprint density at radius 2 is 1.64 bits per heavy atom. The van der Waals surface area contributed by atoms with Crippen molar-refractivity contribution < 1.29 is 39.9 Å². The van der Waals surface area contributed by atoms with Gasteiger partial charge in [-0.2, -0.15) is 26.3 Å². The zero-order chi connectivity index (χ0) is 25.1. The molecule has 1 unspecified atom stereocenters. The lowest BCUT2D eigenvalue weighted by Crippen LogP contribution is -2.54. The zero-order valence-corrected chi connectivity index (χ0v) is 17.3. The quantitative estimate of drug-likeness (QED) is 0.333. The maximum Gasteiger partial charge on any atom is 0.430 e. The van der Waals surface area contributed by atoms with Crippen molar-refractivity contribution in [3.63, 3.8) is 0 Å². The second-order valence-corrected chi connectivity index (χ2v) is 8.13. The topological polar surface area (TPSA) is 143 Å². The molecule has 0 saturated heterocycles. The number of nitrogens with zero attached hydrogens (tertiary/aromatic N) is 3. The summed E-state index contributed by atoms with van der Waals surface area (Å²) in [6.07, 6.45) is -10.9. The molecule has 2 rings (SSSR count). The fourth-order valence-corrected chi connectivity index (χ4v) is 3.36. The predicted molar refractivity (Wildman–Crippen MR) is 103 cm³/mol. The van der Waals surface area contributed by atoms with Crippen LogP contribution in [0.1, 0.15) is 12.5 Å². The van der Waals surface area contributed by atoms with Crippen LogP contribution in [0.25, 0.3) is 0 Å². The third kappa shape index (κ3) is 5.80. The van der Waals surface area contributed by atoms with Crippen molar-refractivity contribution in [2.75, 3.05) is 17.6 Å². The van der Waals surface area contributed by atoms with Crippen molar-refractivity contribution >= 4 is 21.8 Å². The van der Waals surface area contributed by atoms with E-state index in [0.29, 0.717) is 0 Å². The molecule has 33 heavy (non-hydrogen) atoms. The number of sulfonamides is 1. The lowest BCUT2D eigenvalue weighted by Gasteiger charge is -2.32. The molecule has 9 nitrogen and oxygen atoms in total. The Morgan fingerprint density at radius 1 is 1.06 bits per heavy atom. The monoisotopic (exact) mass is 498 g/mol. The molecule has 0 saturated carbocycles. The molecule has 5 N–H and O–H groups in total. The van der Waals surface area contributed by atoms with E-state index >= 15 is 0 Å². The van der Waals surface area contributed by atoms with Gasteiger partial charge in [0, 0.05) is 30.7 Å². The number of rotatable bonds is 7. The van der Waals surface area contributed by atoms with Crippen molar-refractivity contribution in [2.45, 2.75) is 35.8 Å². The van der Waals surface area contributed by atoms with Gasteiger partial charge in [0.1, 0.15) is 16.8 Å². The molecule has 2 heterocycles. The van der Waals surface area contributed by atoms with E-state index in [-0.39, 0.29) is 29.7 Å². The standard InChI is InChI=1S/C17H16F6N6O3S/c1-2-3-11(8-28-33(31,32)12-4-5-13(24)25-9-12)29-14-26-6-10(7-27-14)15(30,16(18,19)20)17(21,22)23/h4-7,9,11,28,30H,8H2,1H3,(H2,24,25)(H,26,27,29). The summed E-state index contributed by atoms with van der Waals surface area (Å²) in [5.41, 5.74) is -1.43. The SMILES string of the molecule is CC#CC(CNS(=O)(=O)c1ccc(N)nc1)Nc1ncc(C(O)(C(F)(F)F)C(F)(F)F)cn1. The summed E-state index contributed by atoms with van der Waals surface area (Å²) in [6.45, 7) is 1.03. The van der Waals surface area contributed by atoms with Gasteiger partial charge in [-0.05, 0) is 19.1 Å². The van der Waals surface area contributed by atoms with Crippen LogP contribution >= 0.6 is 0 Å². The number of anilines is 2. The van der Waals surface area contributed by atoms with Crippen molar-refractivity contribution in [2.24, 2.45) is 0 Å². The number of pyridine rings is 1. The van der Waals surface area contributed by atoms with Gasteiger partial charge < -0.3 is 16.2 Å². The average Bonchev–Trinajstić information content (AvgIpc) is 2.71. The van der Waals surface area contributed by atoms with Crippen LogP contribution in [0, 0.1) is 11.8 Å². The molecule has 0 bridgehead atoms. The maximum absolute atomic E-state index is 12.9. The molecule has 2 aromatic heterocycles. The number of nitrogens with two attached hydrogens (primary N) is 1. The van der Waals surface area contributed by atoms with Gasteiger partial charge in [0.25, 0.3) is 5.60 Å². The smallest absolute Gasteiger partial charge is 0.384 e. The first-order chi connectivity index (χ1) is 15.1. The highest BCUT2D eigenvalue weighted by molar-refractivity contribution is 7.89. The highest BCUT2D eigenvalue weighted by atomic mass is 32.2. The van der Waals surface area contributed by atoms with E-state index in [9.17, 15) is 39.9 Å². The van der Waals surface area contributed by atoms with Gasteiger partial charge in [0.15, 0.2) is 0 Å². The molecule has 16 heteroatoms. The van der Waals surface area contributed by atoms with E-state index in [4.69, 9.17) is 5.73 Å². The molecule has 180 valence electrons. The Balaban J connectivity index is 2.20. The van der Waals surface area contributed by atoms with E-state index in [1.165, 1.54) is 19.1 Å². The van der Waals surface area contributed by atoms with Crippen molar-refractivity contribution in [3.8, 4) is 11.8 Å². The molecular weight excluding hydrogens is 482 g/mol. The van der Waals surface area contributed by atoms with Crippen LogP contribution in [0.2, 0.25) is 0 Å². The minimum Gasteiger partial charge on any atom is -0.384 e. The highest BCUT2D eigenvalue weighted by Gasteiger charge is 2.71. The van der Waals surface area contributed by atoms with Crippen LogP contribution in [0.15, 0.2) is 35.6 Å². The third-order valence-corrected chi connectivity index (χ3v) is 5.47. The normalized spacial score (nSPS) is 13.7. The summed E-state index contributed by atoms with van der Waals surface area (Å²) >= 11 is 0. The predicted octanol–water partition coefficient (Wildman–Crippen LogP) is 1.55. The Hall–Kier alpha value is -3.16. The third-order valence-electron chi connectivity index (χ3n) is 4.06. The largest absolute Gasteiger partial charge is 0.430 e. The number of halogens is 6. The van der Waals surface area contributed by atoms with E-state index in [1.807, 2.05) is 0 Å². The summed E-state index contributed by atoms with van der Waals surface area (Å²) in [6, 6.07) is 1.43. The van der Waals surface area contributed by atoms with Gasteiger partial charge in [-0.25, -0.2) is 28.1 Å². The second-order valence-electron chi connectivity index (χ2n) is 6.36. The maximum atomic E-state index is 12.9. The molecule has 0 aliphatic carbocycles. The molecule has 1 atom stereocenters. The zero-order valence-electron chi connectivity index (χ0n) is 16.5. The Kier molecular flexibility index (Phi) is 7.41. The van der Waals surface area contributed by atoms with Crippen LogP contribution in [0.3, 0.4) is 0 Å². The van der Waals surface area contributed by atoms with Crippen molar-refractivity contribution in [3.05, 3.63) is 36.3 Å². The molecule has 0 spiro atoms. The number of aromatic nitrogens is 3. The summed E-state index contributed by atoms with van der Waals surface area (Å²) < 4.78 is 104. The number of aliphatic hydroxyl groups is 1. The van der Waals surface area contributed by atoms with Gasteiger partial charge >= 0.3 is 12.4 Å². The van der Waals surface area contributed by atoms with Crippen molar-refractivity contribution in [1.29, 1.82) is 0 Å². The molecule has 0 aliphatic heterocycles. The summed E-state index contributed by atoms with van der Waals surface area (Å²) in [4.78, 5) is 10.2. The van der Waals surface area contributed by atoms with Crippen LogP contribution in [0.4, 0.5) is 38.1 Å². The summed E-state index contributed by atoms with van der Waals surface area (Å²) in [7, 11) is -4.04. The number of alkyl halides is 6. The van der Waals surface area contributed by atoms with Crippen LogP contribution in [0.5, 0.6) is 0 Å². The fourth-order valence-electron chi connectivity index (χ4n) is 2.37. The first-order valence-electron chi connectivity index (χ1n) is 8.70. The van der Waals surface area contributed by atoms with Gasteiger partial charge in [0.05, 0.1) is 0 Å². The van der Waals surface area contributed by atoms with Crippen LogP contribution in [-0.4, -0.2) is 53.4 Å². The fraction of sp³-hybridized carbons (Fsp3) is 0.353. The molecule has 2 aromatic rings. The number of nitrogen functional groups attached to an aromatic ring is 1. The van der Waals surface area contributed by atoms with E-state index in [0.717, 1.165) is 6.20 Å². The Morgan fingerprint density at radius 3 is 2.09 bits per heavy atom. The lowest BCUT2D eigenvalue weighted by molar-refractivity contribution is -0.376. The minimum atomic E-state index is -6.09. The van der Waals surface area contributed by atoms with E-state index in [1.54, 1.807) is 0 Å². The van der Waals surface area contributed by atoms with Gasteiger partial charge in [-0.1, -0.05) is 5.92 Å². The van der Waals surface area contributed by atoms with E-state index in [2.05, 4.69) is 36.8 Å². The van der Waals surface area contributed by atoms with Crippen LogP contribution < -0.4 is 15.8 Å². The Bertz CT molecular complexity index is 1110. The molecular formula is C17H16F6N6O3S. The van der Waals surface area contributed by atoms with Crippen molar-refractivity contribution in [1.82, 2.24) is 19.7 Å². The first-order valence-corrected chi connectivity index (χ1v) is 10.2. The minimum absolute atomic E-state index is 0.0916. The van der Waals surface area contributed by atoms with Gasteiger partial charge in [-0.15, -0.1) is 5.92 Å². The van der Waals surface area contributed by atoms with Crippen LogP contribution in [-0.2, 0) is 15.6 Å². The van der Waals surface area contributed by atoms with E-state index < -0.39 is 45.5 Å². The number of hydrogen-bond acceptors (Lipinski definition) is 8. The molecule has 0 amide bonds. The highest BCUT2D eigenvalue weighted by Crippen LogP contribution is 2.49. The number of hydrogen-bond donors (Lipinski definition) is 4. The molecule has 0 aromatic carbocycles. The molecule has 0 fully saturated rings. The average molecular weight is 498 g/mol. The van der Waals surface area contributed by atoms with Gasteiger partial charge in [0.2, 0.25) is 16.0 Å². The lowest BCUT2D eigenvalue weighted by atomic mass is 9.95. The first kappa shape index (κ1) is 26.1. The number of nitrogens with one attached hydrogen (secondary N) is 2. The summed E-state index contributed by atoms with van der Waals surface area (Å²) in [5.74, 6) is 4.65. The Labute approximate surface area is 183 Å². The second kappa shape index (κ2) is 9.37. The molecule has 0 radical (unpaired) electrons. The molecule has 0 aliphatic rings.